The molecule has 0 bridgehead atoms. The number of halogens is 1. The van der Waals surface area contributed by atoms with Crippen molar-refractivity contribution < 1.29 is 8.42 Å². The summed E-state index contributed by atoms with van der Waals surface area (Å²) in [7, 11) is -3.08. The molecule has 0 saturated carbocycles. The molecular formula is C8H9BrN2O3S. The maximum atomic E-state index is 11.6. The molecule has 0 aliphatic carbocycles. The van der Waals surface area contributed by atoms with E-state index in [1.807, 2.05) is 0 Å². The summed E-state index contributed by atoms with van der Waals surface area (Å²) in [5.41, 5.74) is 0.0631. The van der Waals surface area contributed by atoms with Crippen LogP contribution in [0.2, 0.25) is 0 Å². The Morgan fingerprint density at radius 3 is 2.80 bits per heavy atom. The Kier molecular flexibility index (Phi) is 2.68. The molecule has 1 aliphatic rings. The fraction of sp³-hybridized carbons (Fsp3) is 0.500. The third-order valence-electron chi connectivity index (χ3n) is 2.44. The fourth-order valence-corrected chi connectivity index (χ4v) is 3.88. The van der Waals surface area contributed by atoms with Gasteiger partial charge in [0.25, 0.3) is 5.56 Å². The van der Waals surface area contributed by atoms with Crippen molar-refractivity contribution in [3.8, 4) is 0 Å². The van der Waals surface area contributed by atoms with Gasteiger partial charge in [-0.1, -0.05) is 0 Å². The van der Waals surface area contributed by atoms with E-state index in [1.165, 1.54) is 6.07 Å². The number of rotatable bonds is 1. The molecule has 1 fully saturated rings. The number of nitrogens with zero attached hydrogens (tertiary/aromatic N) is 1. The molecule has 1 unspecified atom stereocenters. The van der Waals surface area contributed by atoms with E-state index in [0.717, 1.165) is 0 Å². The van der Waals surface area contributed by atoms with Crippen molar-refractivity contribution in [1.29, 1.82) is 0 Å². The molecule has 1 atom stereocenters. The first-order valence-corrected chi connectivity index (χ1v) is 6.98. The Labute approximate surface area is 94.9 Å². The van der Waals surface area contributed by atoms with Crippen LogP contribution in [0.1, 0.15) is 23.8 Å². The molecule has 15 heavy (non-hydrogen) atoms. The van der Waals surface area contributed by atoms with Gasteiger partial charge in [0.05, 0.1) is 15.9 Å². The van der Waals surface area contributed by atoms with E-state index in [2.05, 4.69) is 26.1 Å². The quantitative estimate of drug-likeness (QED) is 0.830. The zero-order chi connectivity index (χ0) is 11.1. The van der Waals surface area contributed by atoms with Gasteiger partial charge in [-0.25, -0.2) is 13.5 Å². The summed E-state index contributed by atoms with van der Waals surface area (Å²) in [5.74, 6) is 0.204. The predicted molar refractivity (Wildman–Crippen MR) is 58.3 cm³/mol. The van der Waals surface area contributed by atoms with E-state index in [0.29, 0.717) is 23.0 Å². The third kappa shape index (κ3) is 1.98. The van der Waals surface area contributed by atoms with E-state index in [-0.39, 0.29) is 11.3 Å². The summed E-state index contributed by atoms with van der Waals surface area (Å²) in [4.78, 5) is 11.0. The maximum Gasteiger partial charge on any atom is 0.278 e. The van der Waals surface area contributed by atoms with Crippen molar-refractivity contribution in [2.75, 3.05) is 5.75 Å². The zero-order valence-electron chi connectivity index (χ0n) is 7.73. The second kappa shape index (κ2) is 3.71. The molecule has 0 radical (unpaired) electrons. The molecule has 5 nitrogen and oxygen atoms in total. The van der Waals surface area contributed by atoms with Gasteiger partial charge < -0.3 is 0 Å². The van der Waals surface area contributed by atoms with Gasteiger partial charge in [0.2, 0.25) is 0 Å². The van der Waals surface area contributed by atoms with Gasteiger partial charge in [0.1, 0.15) is 5.25 Å². The molecule has 2 rings (SSSR count). The van der Waals surface area contributed by atoms with E-state index in [9.17, 15) is 13.2 Å². The highest BCUT2D eigenvalue weighted by atomic mass is 79.9. The summed E-state index contributed by atoms with van der Waals surface area (Å²) in [6.45, 7) is 0. The molecular weight excluding hydrogens is 284 g/mol. The van der Waals surface area contributed by atoms with Gasteiger partial charge >= 0.3 is 0 Å². The molecule has 7 heteroatoms. The molecule has 1 saturated heterocycles. The standard InChI is InChI=1S/C8H9BrN2O3S/c9-5-4-6(10-11-8(5)12)7-2-1-3-15(7,13)14/h4,7H,1-3H2,(H,11,12). The molecule has 0 spiro atoms. The van der Waals surface area contributed by atoms with Crippen LogP contribution in [0.4, 0.5) is 0 Å². The SMILES string of the molecule is O=c1[nH]nc(C2CCCS2(=O)=O)cc1Br. The lowest BCUT2D eigenvalue weighted by Crippen LogP contribution is -2.15. The van der Waals surface area contributed by atoms with E-state index >= 15 is 0 Å². The van der Waals surface area contributed by atoms with Crippen LogP contribution < -0.4 is 5.56 Å². The van der Waals surface area contributed by atoms with E-state index in [4.69, 9.17) is 0 Å². The van der Waals surface area contributed by atoms with E-state index < -0.39 is 15.1 Å². The van der Waals surface area contributed by atoms with Crippen LogP contribution in [0.25, 0.3) is 0 Å². The first-order chi connectivity index (χ1) is 7.00. The molecule has 0 aromatic carbocycles. The number of hydrogen-bond acceptors (Lipinski definition) is 4. The first kappa shape index (κ1) is 10.8. The summed E-state index contributed by atoms with van der Waals surface area (Å²) in [6.07, 6.45) is 1.24. The molecule has 1 N–H and O–H groups in total. The highest BCUT2D eigenvalue weighted by molar-refractivity contribution is 9.10. The normalized spacial score (nSPS) is 24.2. The van der Waals surface area contributed by atoms with Crippen molar-refractivity contribution >= 4 is 25.8 Å². The Bertz CT molecular complexity index is 537. The maximum absolute atomic E-state index is 11.6. The van der Waals surface area contributed by atoms with Crippen LogP contribution in [-0.2, 0) is 9.84 Å². The van der Waals surface area contributed by atoms with Crippen LogP contribution in [0.5, 0.6) is 0 Å². The van der Waals surface area contributed by atoms with Gasteiger partial charge in [-0.15, -0.1) is 0 Å². The number of aromatic nitrogens is 2. The highest BCUT2D eigenvalue weighted by Gasteiger charge is 2.34. The lowest BCUT2D eigenvalue weighted by atomic mass is 10.2. The van der Waals surface area contributed by atoms with E-state index in [1.54, 1.807) is 0 Å². The summed E-state index contributed by atoms with van der Waals surface area (Å²) in [6, 6.07) is 1.48. The van der Waals surface area contributed by atoms with Gasteiger partial charge in [-0.05, 0) is 34.8 Å². The van der Waals surface area contributed by atoms with Crippen molar-refractivity contribution in [3.63, 3.8) is 0 Å². The molecule has 0 amide bonds. The second-order valence-corrected chi connectivity index (χ2v) is 6.63. The molecule has 1 aromatic heterocycles. The lowest BCUT2D eigenvalue weighted by molar-refractivity contribution is 0.589. The molecule has 1 aromatic rings. The Balaban J connectivity index is 2.47. The number of aromatic amines is 1. The molecule has 1 aliphatic heterocycles. The minimum Gasteiger partial charge on any atom is -0.267 e. The minimum atomic E-state index is -3.08. The summed E-state index contributed by atoms with van der Waals surface area (Å²) >= 11 is 3.05. The number of sulfone groups is 1. The van der Waals surface area contributed by atoms with Gasteiger partial charge in [0.15, 0.2) is 9.84 Å². The smallest absolute Gasteiger partial charge is 0.267 e. The average molecular weight is 293 g/mol. The van der Waals surface area contributed by atoms with Crippen molar-refractivity contribution in [3.05, 3.63) is 26.6 Å². The zero-order valence-corrected chi connectivity index (χ0v) is 10.1. The van der Waals surface area contributed by atoms with Gasteiger partial charge in [-0.2, -0.15) is 5.10 Å². The Morgan fingerprint density at radius 2 is 2.27 bits per heavy atom. The Hall–Kier alpha value is -0.690. The summed E-state index contributed by atoms with van der Waals surface area (Å²) < 4.78 is 23.5. The fourth-order valence-electron chi connectivity index (χ4n) is 1.68. The van der Waals surface area contributed by atoms with Crippen LogP contribution in [0.3, 0.4) is 0 Å². The molecule has 2 heterocycles. The molecule has 82 valence electrons. The average Bonchev–Trinajstić information content (AvgIpc) is 2.50. The monoisotopic (exact) mass is 292 g/mol. The first-order valence-electron chi connectivity index (χ1n) is 4.47. The Morgan fingerprint density at radius 1 is 1.53 bits per heavy atom. The lowest BCUT2D eigenvalue weighted by Gasteiger charge is -2.07. The minimum absolute atomic E-state index is 0.204. The van der Waals surface area contributed by atoms with Crippen LogP contribution >= 0.6 is 15.9 Å². The topological polar surface area (TPSA) is 79.9 Å². The number of H-pyrrole nitrogens is 1. The predicted octanol–water partition coefficient (Wildman–Crippen LogP) is 0.782. The third-order valence-corrected chi connectivity index (χ3v) is 5.23. The van der Waals surface area contributed by atoms with Crippen LogP contribution in [0.15, 0.2) is 15.3 Å². The summed E-state index contributed by atoms with van der Waals surface area (Å²) in [5, 5.41) is 5.47. The van der Waals surface area contributed by atoms with Crippen LogP contribution in [-0.4, -0.2) is 24.4 Å². The van der Waals surface area contributed by atoms with Crippen molar-refractivity contribution in [1.82, 2.24) is 10.2 Å². The highest BCUT2D eigenvalue weighted by Crippen LogP contribution is 2.33. The largest absolute Gasteiger partial charge is 0.278 e. The second-order valence-electron chi connectivity index (χ2n) is 3.47. The number of nitrogens with one attached hydrogen (secondary N) is 1. The van der Waals surface area contributed by atoms with Gasteiger partial charge in [0, 0.05) is 0 Å². The van der Waals surface area contributed by atoms with Crippen molar-refractivity contribution in [2.45, 2.75) is 18.1 Å². The van der Waals surface area contributed by atoms with Crippen molar-refractivity contribution in [2.24, 2.45) is 0 Å². The van der Waals surface area contributed by atoms with Gasteiger partial charge in [-0.3, -0.25) is 4.79 Å². The number of hydrogen-bond donors (Lipinski definition) is 1. The van der Waals surface area contributed by atoms with Crippen LogP contribution in [0, 0.1) is 0 Å².